The monoisotopic (exact) mass is 388 g/mol. The molecule has 1 atom stereocenters. The van der Waals surface area contributed by atoms with Crippen molar-refractivity contribution in [3.05, 3.63) is 59.7 Å². The first-order chi connectivity index (χ1) is 12.9. The van der Waals surface area contributed by atoms with E-state index in [0.29, 0.717) is 11.0 Å². The van der Waals surface area contributed by atoms with Gasteiger partial charge in [-0.25, -0.2) is 8.78 Å². The first-order valence-electron chi connectivity index (χ1n) is 8.25. The average Bonchev–Trinajstić information content (AvgIpc) is 2.99. The zero-order valence-corrected chi connectivity index (χ0v) is 15.8. The van der Waals surface area contributed by atoms with Crippen LogP contribution in [-0.4, -0.2) is 25.9 Å². The molecule has 0 saturated carbocycles. The normalized spacial score (nSPS) is 12.0. The number of nitrogens with one attached hydrogen (secondary N) is 1. The lowest BCUT2D eigenvalue weighted by Crippen LogP contribution is -2.24. The van der Waals surface area contributed by atoms with Gasteiger partial charge in [-0.1, -0.05) is 42.1 Å². The zero-order chi connectivity index (χ0) is 19.6. The molecule has 1 heterocycles. The SMILES string of the molecule is Cc1ccccc1-c1nnc(S[C@H](C)C(=O)Nc2c(F)cccc2F)n1C. The van der Waals surface area contributed by atoms with E-state index in [0.717, 1.165) is 35.0 Å². The minimum Gasteiger partial charge on any atom is -0.320 e. The second-order valence-electron chi connectivity index (χ2n) is 6.03. The summed E-state index contributed by atoms with van der Waals surface area (Å²) < 4.78 is 29.2. The third-order valence-corrected chi connectivity index (χ3v) is 5.22. The van der Waals surface area contributed by atoms with Crippen molar-refractivity contribution in [2.24, 2.45) is 7.05 Å². The second-order valence-corrected chi connectivity index (χ2v) is 7.33. The van der Waals surface area contributed by atoms with Crippen molar-refractivity contribution < 1.29 is 13.6 Å². The van der Waals surface area contributed by atoms with E-state index in [4.69, 9.17) is 0 Å². The van der Waals surface area contributed by atoms with Gasteiger partial charge in [0.25, 0.3) is 0 Å². The number of hydrogen-bond acceptors (Lipinski definition) is 4. The van der Waals surface area contributed by atoms with Gasteiger partial charge in [0.05, 0.1) is 5.25 Å². The molecular formula is C19H18F2N4OS. The fourth-order valence-corrected chi connectivity index (χ4v) is 3.34. The number of amides is 1. The number of aryl methyl sites for hydroxylation is 1. The highest BCUT2D eigenvalue weighted by molar-refractivity contribution is 8.00. The summed E-state index contributed by atoms with van der Waals surface area (Å²) in [6.07, 6.45) is 0. The first kappa shape index (κ1) is 19.0. The lowest BCUT2D eigenvalue weighted by atomic mass is 10.1. The molecule has 0 spiro atoms. The van der Waals surface area contributed by atoms with Gasteiger partial charge in [0.1, 0.15) is 17.3 Å². The molecule has 5 nitrogen and oxygen atoms in total. The molecule has 0 fully saturated rings. The van der Waals surface area contributed by atoms with Gasteiger partial charge in [0, 0.05) is 12.6 Å². The predicted molar refractivity (Wildman–Crippen MR) is 101 cm³/mol. The maximum atomic E-state index is 13.7. The van der Waals surface area contributed by atoms with Crippen molar-refractivity contribution in [3.63, 3.8) is 0 Å². The van der Waals surface area contributed by atoms with Gasteiger partial charge < -0.3 is 9.88 Å². The van der Waals surface area contributed by atoms with Crippen molar-refractivity contribution in [2.75, 3.05) is 5.32 Å². The Labute approximate surface area is 159 Å². The number of hydrogen-bond donors (Lipinski definition) is 1. The van der Waals surface area contributed by atoms with E-state index >= 15 is 0 Å². The standard InChI is InChI=1S/C19H18F2N4OS/c1-11-7-4-5-8-13(11)17-23-24-19(25(17)3)27-12(2)18(26)22-16-14(20)9-6-10-15(16)21/h4-10,12H,1-3H3,(H,22,26)/t12-/m1/s1. The van der Waals surface area contributed by atoms with Crippen LogP contribution < -0.4 is 5.32 Å². The Kier molecular flexibility index (Phi) is 5.55. The fourth-order valence-electron chi connectivity index (χ4n) is 2.53. The number of aromatic nitrogens is 3. The minimum atomic E-state index is -0.818. The Morgan fingerprint density at radius 1 is 1.11 bits per heavy atom. The van der Waals surface area contributed by atoms with Crippen molar-refractivity contribution in [2.45, 2.75) is 24.3 Å². The summed E-state index contributed by atoms with van der Waals surface area (Å²) in [6.45, 7) is 3.62. The molecule has 0 unspecified atom stereocenters. The summed E-state index contributed by atoms with van der Waals surface area (Å²) in [4.78, 5) is 12.3. The number of benzene rings is 2. The minimum absolute atomic E-state index is 0.450. The molecule has 8 heteroatoms. The number of anilines is 1. The number of thioether (sulfide) groups is 1. The largest absolute Gasteiger partial charge is 0.320 e. The molecule has 1 amide bonds. The van der Waals surface area contributed by atoms with E-state index in [1.807, 2.05) is 38.2 Å². The van der Waals surface area contributed by atoms with Crippen LogP contribution in [0.2, 0.25) is 0 Å². The lowest BCUT2D eigenvalue weighted by Gasteiger charge is -2.13. The van der Waals surface area contributed by atoms with Crippen LogP contribution in [0.5, 0.6) is 0 Å². The third kappa shape index (κ3) is 4.00. The van der Waals surface area contributed by atoms with Gasteiger partial charge in [-0.3, -0.25) is 4.79 Å². The Balaban J connectivity index is 1.76. The highest BCUT2D eigenvalue weighted by Crippen LogP contribution is 2.28. The third-order valence-electron chi connectivity index (χ3n) is 4.08. The number of nitrogens with zero attached hydrogens (tertiary/aromatic N) is 3. The van der Waals surface area contributed by atoms with Gasteiger partial charge in [-0.05, 0) is 31.5 Å². The van der Waals surface area contributed by atoms with Gasteiger partial charge in [-0.15, -0.1) is 10.2 Å². The van der Waals surface area contributed by atoms with E-state index < -0.39 is 28.5 Å². The summed E-state index contributed by atoms with van der Waals surface area (Å²) in [5, 5.41) is 10.6. The van der Waals surface area contributed by atoms with Crippen LogP contribution in [-0.2, 0) is 11.8 Å². The highest BCUT2D eigenvalue weighted by Gasteiger charge is 2.21. The lowest BCUT2D eigenvalue weighted by molar-refractivity contribution is -0.115. The Morgan fingerprint density at radius 3 is 2.44 bits per heavy atom. The summed E-state index contributed by atoms with van der Waals surface area (Å²) >= 11 is 1.16. The van der Waals surface area contributed by atoms with Crippen LogP contribution in [0, 0.1) is 18.6 Å². The molecule has 0 aliphatic heterocycles. The topological polar surface area (TPSA) is 59.8 Å². The van der Waals surface area contributed by atoms with E-state index in [1.54, 1.807) is 11.5 Å². The van der Waals surface area contributed by atoms with Gasteiger partial charge in [0.15, 0.2) is 11.0 Å². The zero-order valence-electron chi connectivity index (χ0n) is 15.0. The number of carbonyl (C=O) groups is 1. The van der Waals surface area contributed by atoms with Crippen LogP contribution in [0.3, 0.4) is 0 Å². The first-order valence-corrected chi connectivity index (χ1v) is 9.13. The maximum absolute atomic E-state index is 13.7. The van der Waals surface area contributed by atoms with Crippen molar-refractivity contribution in [3.8, 4) is 11.4 Å². The Morgan fingerprint density at radius 2 is 1.78 bits per heavy atom. The molecule has 140 valence electrons. The molecule has 0 aliphatic carbocycles. The number of rotatable bonds is 5. The number of para-hydroxylation sites is 1. The summed E-state index contributed by atoms with van der Waals surface area (Å²) in [6, 6.07) is 11.2. The molecule has 3 rings (SSSR count). The molecule has 27 heavy (non-hydrogen) atoms. The van der Waals surface area contributed by atoms with E-state index in [1.165, 1.54) is 6.07 Å². The van der Waals surface area contributed by atoms with Crippen LogP contribution in [0.4, 0.5) is 14.5 Å². The molecule has 0 aliphatic rings. The van der Waals surface area contributed by atoms with Crippen LogP contribution in [0.15, 0.2) is 47.6 Å². The average molecular weight is 388 g/mol. The van der Waals surface area contributed by atoms with Gasteiger partial charge in [-0.2, -0.15) is 0 Å². The summed E-state index contributed by atoms with van der Waals surface area (Å²) in [7, 11) is 1.81. The summed E-state index contributed by atoms with van der Waals surface area (Å²) in [5.74, 6) is -1.48. The molecular weight excluding hydrogens is 370 g/mol. The molecule has 1 aromatic heterocycles. The molecule has 1 N–H and O–H groups in total. The second kappa shape index (κ2) is 7.87. The van der Waals surface area contributed by atoms with Crippen LogP contribution in [0.25, 0.3) is 11.4 Å². The molecule has 0 radical (unpaired) electrons. The number of halogens is 2. The Bertz CT molecular complexity index is 969. The molecule has 0 saturated heterocycles. The van der Waals surface area contributed by atoms with Crippen LogP contribution in [0.1, 0.15) is 12.5 Å². The fraction of sp³-hybridized carbons (Fsp3) is 0.211. The quantitative estimate of drug-likeness (QED) is 0.666. The highest BCUT2D eigenvalue weighted by atomic mass is 32.2. The van der Waals surface area contributed by atoms with Crippen LogP contribution >= 0.6 is 11.8 Å². The van der Waals surface area contributed by atoms with Gasteiger partial charge in [0.2, 0.25) is 5.91 Å². The van der Waals surface area contributed by atoms with Crippen molar-refractivity contribution >= 4 is 23.4 Å². The van der Waals surface area contributed by atoms with E-state index in [9.17, 15) is 13.6 Å². The maximum Gasteiger partial charge on any atom is 0.237 e. The molecule has 0 bridgehead atoms. The molecule has 3 aromatic rings. The molecule has 2 aromatic carbocycles. The van der Waals surface area contributed by atoms with Crippen molar-refractivity contribution in [1.82, 2.24) is 14.8 Å². The van der Waals surface area contributed by atoms with E-state index in [-0.39, 0.29) is 0 Å². The van der Waals surface area contributed by atoms with Crippen molar-refractivity contribution in [1.29, 1.82) is 0 Å². The smallest absolute Gasteiger partial charge is 0.237 e. The Hall–Kier alpha value is -2.74. The van der Waals surface area contributed by atoms with E-state index in [2.05, 4.69) is 15.5 Å². The predicted octanol–water partition coefficient (Wildman–Crippen LogP) is 4.19. The van der Waals surface area contributed by atoms with Gasteiger partial charge >= 0.3 is 0 Å². The summed E-state index contributed by atoms with van der Waals surface area (Å²) in [5.41, 5.74) is 1.56. The number of carbonyl (C=O) groups excluding carboxylic acids is 1.